The van der Waals surface area contributed by atoms with Crippen LogP contribution in [0.4, 0.5) is 0 Å². The Bertz CT molecular complexity index is 481. The third-order valence-corrected chi connectivity index (χ3v) is 4.48. The van der Waals surface area contributed by atoms with Crippen molar-refractivity contribution in [2.45, 2.75) is 32.2 Å². The van der Waals surface area contributed by atoms with Gasteiger partial charge in [-0.15, -0.1) is 11.3 Å². The molecule has 3 N–H and O–H groups in total. The Morgan fingerprint density at radius 3 is 2.70 bits per heavy atom. The zero-order valence-corrected chi connectivity index (χ0v) is 12.1. The van der Waals surface area contributed by atoms with Crippen molar-refractivity contribution in [3.8, 4) is 0 Å². The number of nitrogens with zero attached hydrogens (tertiary/aromatic N) is 2. The van der Waals surface area contributed by atoms with Crippen LogP contribution >= 0.6 is 11.3 Å². The lowest BCUT2D eigenvalue weighted by Gasteiger charge is -2.31. The number of piperidine rings is 1. The van der Waals surface area contributed by atoms with Gasteiger partial charge in [-0.2, -0.15) is 0 Å². The molecule has 7 heteroatoms. The molecule has 0 bridgehead atoms. The van der Waals surface area contributed by atoms with Gasteiger partial charge in [0.15, 0.2) is 0 Å². The lowest BCUT2D eigenvalue weighted by atomic mass is 9.92. The van der Waals surface area contributed by atoms with E-state index in [1.54, 1.807) is 10.3 Å². The second-order valence-corrected chi connectivity index (χ2v) is 5.94. The van der Waals surface area contributed by atoms with Gasteiger partial charge in [0, 0.05) is 31.4 Å². The molecule has 0 saturated carbocycles. The lowest BCUT2D eigenvalue weighted by molar-refractivity contribution is -0.137. The number of thiazole rings is 1. The molecule has 0 atom stereocenters. The van der Waals surface area contributed by atoms with Crippen molar-refractivity contribution in [3.05, 3.63) is 16.1 Å². The van der Waals surface area contributed by atoms with E-state index in [1.807, 2.05) is 0 Å². The van der Waals surface area contributed by atoms with Crippen LogP contribution in [0, 0.1) is 5.92 Å². The number of rotatable bonds is 5. The van der Waals surface area contributed by atoms with Crippen molar-refractivity contribution >= 4 is 23.2 Å². The molecule has 1 saturated heterocycles. The molecule has 0 radical (unpaired) electrons. The van der Waals surface area contributed by atoms with Crippen LogP contribution in [0.1, 0.15) is 41.2 Å². The minimum Gasteiger partial charge on any atom is -0.481 e. The number of carbonyl (C=O) groups is 2. The van der Waals surface area contributed by atoms with Crippen LogP contribution in [0.3, 0.4) is 0 Å². The monoisotopic (exact) mass is 297 g/mol. The van der Waals surface area contributed by atoms with Crippen molar-refractivity contribution in [2.75, 3.05) is 13.1 Å². The number of hydrogen-bond acceptors (Lipinski definition) is 5. The lowest BCUT2D eigenvalue weighted by Crippen LogP contribution is -2.38. The predicted molar refractivity (Wildman–Crippen MR) is 75.5 cm³/mol. The zero-order valence-electron chi connectivity index (χ0n) is 11.2. The first-order valence-electron chi connectivity index (χ1n) is 6.75. The molecule has 1 aliphatic heterocycles. The summed E-state index contributed by atoms with van der Waals surface area (Å²) >= 11 is 1.40. The first kappa shape index (κ1) is 14.9. The van der Waals surface area contributed by atoms with E-state index in [0.717, 1.165) is 17.8 Å². The molecule has 0 aliphatic carbocycles. The molecule has 1 amide bonds. The van der Waals surface area contributed by atoms with Gasteiger partial charge in [0.05, 0.1) is 0 Å². The number of aliphatic carboxylic acids is 1. The highest BCUT2D eigenvalue weighted by molar-refractivity contribution is 7.09. The number of nitrogens with two attached hydrogens (primary N) is 1. The molecule has 0 unspecified atom stereocenters. The average molecular weight is 297 g/mol. The van der Waals surface area contributed by atoms with Gasteiger partial charge in [-0.05, 0) is 25.2 Å². The first-order chi connectivity index (χ1) is 9.60. The van der Waals surface area contributed by atoms with Gasteiger partial charge >= 0.3 is 5.97 Å². The Morgan fingerprint density at radius 1 is 1.45 bits per heavy atom. The number of likely N-dealkylation sites (tertiary alicyclic amines) is 1. The molecule has 2 rings (SSSR count). The summed E-state index contributed by atoms with van der Waals surface area (Å²) in [6.07, 6.45) is 2.65. The highest BCUT2D eigenvalue weighted by atomic mass is 32.1. The Morgan fingerprint density at radius 2 is 2.15 bits per heavy atom. The van der Waals surface area contributed by atoms with E-state index in [0.29, 0.717) is 37.7 Å². The summed E-state index contributed by atoms with van der Waals surface area (Å²) in [4.78, 5) is 28.8. The third kappa shape index (κ3) is 3.77. The minimum atomic E-state index is -0.750. The smallest absolute Gasteiger partial charge is 0.303 e. The standard InChI is InChI=1S/C13H19N3O3S/c14-7-11-15-10(8-20-11)13(19)16-5-3-9(4-6-16)1-2-12(17)18/h8-9H,1-7,14H2,(H,17,18). The van der Waals surface area contributed by atoms with Gasteiger partial charge < -0.3 is 15.7 Å². The fraction of sp³-hybridized carbons (Fsp3) is 0.615. The normalized spacial score (nSPS) is 16.4. The predicted octanol–water partition coefficient (Wildman–Crippen LogP) is 1.32. The maximum atomic E-state index is 12.2. The van der Waals surface area contributed by atoms with Crippen molar-refractivity contribution in [2.24, 2.45) is 11.7 Å². The van der Waals surface area contributed by atoms with Gasteiger partial charge in [-0.3, -0.25) is 9.59 Å². The topological polar surface area (TPSA) is 96.5 Å². The molecule has 1 aliphatic rings. The summed E-state index contributed by atoms with van der Waals surface area (Å²) in [7, 11) is 0. The summed E-state index contributed by atoms with van der Waals surface area (Å²) in [5.41, 5.74) is 5.96. The molecular weight excluding hydrogens is 278 g/mol. The Labute approximate surface area is 121 Å². The van der Waals surface area contributed by atoms with Gasteiger partial charge in [0.25, 0.3) is 5.91 Å². The fourth-order valence-electron chi connectivity index (χ4n) is 2.42. The summed E-state index contributed by atoms with van der Waals surface area (Å²) in [5, 5.41) is 11.2. The van der Waals surface area contributed by atoms with Gasteiger partial charge in [0.1, 0.15) is 10.7 Å². The maximum Gasteiger partial charge on any atom is 0.303 e. The van der Waals surface area contributed by atoms with Crippen LogP contribution in [0.25, 0.3) is 0 Å². The largest absolute Gasteiger partial charge is 0.481 e. The number of carbonyl (C=O) groups excluding carboxylic acids is 1. The molecule has 1 aromatic rings. The van der Waals surface area contributed by atoms with Crippen molar-refractivity contribution in [1.82, 2.24) is 9.88 Å². The average Bonchev–Trinajstić information content (AvgIpc) is 2.94. The zero-order chi connectivity index (χ0) is 14.5. The Kier molecular flexibility index (Phi) is 5.08. The van der Waals surface area contributed by atoms with Crippen LogP contribution in [0.2, 0.25) is 0 Å². The molecule has 0 aromatic carbocycles. The van der Waals surface area contributed by atoms with E-state index in [2.05, 4.69) is 4.98 Å². The number of aromatic nitrogens is 1. The molecule has 6 nitrogen and oxygen atoms in total. The molecule has 1 aromatic heterocycles. The van der Waals surface area contributed by atoms with E-state index < -0.39 is 5.97 Å². The first-order valence-corrected chi connectivity index (χ1v) is 7.63. The maximum absolute atomic E-state index is 12.2. The van der Waals surface area contributed by atoms with Crippen molar-refractivity contribution in [3.63, 3.8) is 0 Å². The van der Waals surface area contributed by atoms with Crippen LogP contribution < -0.4 is 5.73 Å². The van der Waals surface area contributed by atoms with Gasteiger partial charge in [-0.1, -0.05) is 0 Å². The van der Waals surface area contributed by atoms with Crippen LogP contribution in [0.5, 0.6) is 0 Å². The molecule has 20 heavy (non-hydrogen) atoms. The number of hydrogen-bond donors (Lipinski definition) is 2. The number of carboxylic acids is 1. The number of amides is 1. The highest BCUT2D eigenvalue weighted by Gasteiger charge is 2.25. The second kappa shape index (κ2) is 6.81. The highest BCUT2D eigenvalue weighted by Crippen LogP contribution is 2.23. The van der Waals surface area contributed by atoms with Crippen LogP contribution in [0.15, 0.2) is 5.38 Å². The second-order valence-electron chi connectivity index (χ2n) is 5.00. The minimum absolute atomic E-state index is 0.0439. The fourth-order valence-corrected chi connectivity index (χ4v) is 3.07. The molecule has 0 spiro atoms. The summed E-state index contributed by atoms with van der Waals surface area (Å²) in [5.74, 6) is -0.386. The third-order valence-electron chi connectivity index (χ3n) is 3.61. The number of carboxylic acid groups (broad SMARTS) is 1. The molecule has 2 heterocycles. The summed E-state index contributed by atoms with van der Waals surface area (Å²) in [6.45, 7) is 1.71. The van der Waals surface area contributed by atoms with E-state index in [1.165, 1.54) is 11.3 Å². The van der Waals surface area contributed by atoms with E-state index in [9.17, 15) is 9.59 Å². The Balaban J connectivity index is 1.84. The molecular formula is C13H19N3O3S. The quantitative estimate of drug-likeness (QED) is 0.854. The Hall–Kier alpha value is -1.47. The summed E-state index contributed by atoms with van der Waals surface area (Å²) in [6, 6.07) is 0. The van der Waals surface area contributed by atoms with Gasteiger partial charge in [-0.25, -0.2) is 4.98 Å². The SMILES string of the molecule is NCc1nc(C(=O)N2CCC(CCC(=O)O)CC2)cs1. The van der Waals surface area contributed by atoms with E-state index in [-0.39, 0.29) is 12.3 Å². The van der Waals surface area contributed by atoms with Crippen LogP contribution in [-0.2, 0) is 11.3 Å². The summed E-state index contributed by atoms with van der Waals surface area (Å²) < 4.78 is 0. The molecule has 110 valence electrons. The van der Waals surface area contributed by atoms with E-state index in [4.69, 9.17) is 10.8 Å². The van der Waals surface area contributed by atoms with E-state index >= 15 is 0 Å². The molecule has 1 fully saturated rings. The van der Waals surface area contributed by atoms with Crippen molar-refractivity contribution < 1.29 is 14.7 Å². The van der Waals surface area contributed by atoms with Crippen molar-refractivity contribution in [1.29, 1.82) is 0 Å². The van der Waals surface area contributed by atoms with Gasteiger partial charge in [0.2, 0.25) is 0 Å². The van der Waals surface area contributed by atoms with Crippen LogP contribution in [-0.4, -0.2) is 40.0 Å².